The van der Waals surface area contributed by atoms with Crippen LogP contribution in [0, 0.1) is 6.92 Å². The predicted molar refractivity (Wildman–Crippen MR) is 116 cm³/mol. The molecule has 32 heavy (non-hydrogen) atoms. The first kappa shape index (κ1) is 20.9. The van der Waals surface area contributed by atoms with Gasteiger partial charge in [0.2, 0.25) is 11.2 Å². The van der Waals surface area contributed by atoms with Gasteiger partial charge in [-0.15, -0.1) is 0 Å². The Bertz CT molecular complexity index is 1370. The van der Waals surface area contributed by atoms with Crippen LogP contribution < -0.4 is 14.9 Å². The fraction of sp³-hybridized carbons (Fsp3) is 0.0800. The molecule has 0 aliphatic carbocycles. The van der Waals surface area contributed by atoms with Gasteiger partial charge in [-0.2, -0.15) is 0 Å². The lowest BCUT2D eigenvalue weighted by Gasteiger charge is -2.08. The van der Waals surface area contributed by atoms with Crippen molar-refractivity contribution in [2.75, 3.05) is 7.11 Å². The number of esters is 2. The standard InChI is InChI=1S/C25H18O7/c1-15-4-3-5-17(12-15)25(28)32-19-10-11-20-21(13-19)30-14-22(23(20)26)31-18-8-6-16(7-9-18)24(27)29-2/h3-14H,1-2H3. The van der Waals surface area contributed by atoms with Gasteiger partial charge in [0.25, 0.3) is 0 Å². The van der Waals surface area contributed by atoms with Gasteiger partial charge in [0, 0.05) is 6.07 Å². The van der Waals surface area contributed by atoms with Crippen molar-refractivity contribution in [2.24, 2.45) is 0 Å². The molecule has 0 amide bonds. The fourth-order valence-corrected chi connectivity index (χ4v) is 3.07. The van der Waals surface area contributed by atoms with Crippen LogP contribution in [0.1, 0.15) is 26.3 Å². The summed E-state index contributed by atoms with van der Waals surface area (Å²) in [5, 5.41) is 0.268. The molecule has 0 bridgehead atoms. The van der Waals surface area contributed by atoms with E-state index in [0.29, 0.717) is 16.9 Å². The van der Waals surface area contributed by atoms with E-state index in [1.54, 1.807) is 30.3 Å². The van der Waals surface area contributed by atoms with Crippen molar-refractivity contribution >= 4 is 22.9 Å². The maximum Gasteiger partial charge on any atom is 0.343 e. The van der Waals surface area contributed by atoms with Crippen molar-refractivity contribution in [3.05, 3.63) is 99.9 Å². The molecule has 4 rings (SSSR count). The van der Waals surface area contributed by atoms with Crippen LogP contribution in [0.25, 0.3) is 11.0 Å². The number of methoxy groups -OCH3 is 1. The molecular weight excluding hydrogens is 412 g/mol. The molecule has 0 atom stereocenters. The lowest BCUT2D eigenvalue weighted by atomic mass is 10.1. The number of fused-ring (bicyclic) bond motifs is 1. The molecule has 7 nitrogen and oxygen atoms in total. The van der Waals surface area contributed by atoms with Crippen molar-refractivity contribution in [2.45, 2.75) is 6.92 Å². The van der Waals surface area contributed by atoms with Crippen molar-refractivity contribution in [3.8, 4) is 17.2 Å². The quantitative estimate of drug-likeness (QED) is 0.328. The van der Waals surface area contributed by atoms with Gasteiger partial charge in [0.1, 0.15) is 23.3 Å². The van der Waals surface area contributed by atoms with Crippen molar-refractivity contribution in [1.29, 1.82) is 0 Å². The highest BCUT2D eigenvalue weighted by molar-refractivity contribution is 5.92. The van der Waals surface area contributed by atoms with E-state index in [9.17, 15) is 14.4 Å². The van der Waals surface area contributed by atoms with E-state index in [1.165, 1.54) is 43.7 Å². The second-order valence-corrected chi connectivity index (χ2v) is 6.96. The number of aryl methyl sites for hydroxylation is 1. The van der Waals surface area contributed by atoms with Crippen molar-refractivity contribution in [1.82, 2.24) is 0 Å². The molecule has 1 aromatic heterocycles. The summed E-state index contributed by atoms with van der Waals surface area (Å²) in [5.41, 5.74) is 1.58. The third kappa shape index (κ3) is 4.37. The first-order valence-electron chi connectivity index (χ1n) is 9.65. The van der Waals surface area contributed by atoms with Gasteiger partial charge in [-0.3, -0.25) is 4.79 Å². The zero-order valence-electron chi connectivity index (χ0n) is 17.3. The predicted octanol–water partition coefficient (Wildman–Crippen LogP) is 4.90. The van der Waals surface area contributed by atoms with Crippen LogP contribution in [0.5, 0.6) is 17.2 Å². The van der Waals surface area contributed by atoms with E-state index >= 15 is 0 Å². The summed E-state index contributed by atoms with van der Waals surface area (Å²) in [6, 6.07) is 17.7. The highest BCUT2D eigenvalue weighted by atomic mass is 16.5. The van der Waals surface area contributed by atoms with Gasteiger partial charge in [-0.05, 0) is 55.5 Å². The summed E-state index contributed by atoms with van der Waals surface area (Å²) >= 11 is 0. The number of ether oxygens (including phenoxy) is 3. The van der Waals surface area contributed by atoms with E-state index < -0.39 is 11.9 Å². The SMILES string of the molecule is COC(=O)c1ccc(Oc2coc3cc(OC(=O)c4cccc(C)c4)ccc3c2=O)cc1. The Labute approximate surface area is 182 Å². The first-order chi connectivity index (χ1) is 15.4. The van der Waals surface area contributed by atoms with E-state index in [2.05, 4.69) is 4.74 Å². The zero-order valence-corrected chi connectivity index (χ0v) is 17.3. The number of benzene rings is 3. The van der Waals surface area contributed by atoms with Crippen LogP contribution in [0.2, 0.25) is 0 Å². The van der Waals surface area contributed by atoms with Crippen molar-refractivity contribution < 1.29 is 28.2 Å². The number of carbonyl (C=O) groups is 2. The maximum absolute atomic E-state index is 12.8. The Morgan fingerprint density at radius 1 is 0.844 bits per heavy atom. The Kier molecular flexibility index (Phi) is 5.72. The monoisotopic (exact) mass is 430 g/mol. The van der Waals surface area contributed by atoms with Gasteiger partial charge >= 0.3 is 11.9 Å². The van der Waals surface area contributed by atoms with E-state index in [4.69, 9.17) is 13.9 Å². The molecule has 0 N–H and O–H groups in total. The average Bonchev–Trinajstić information content (AvgIpc) is 2.81. The highest BCUT2D eigenvalue weighted by Crippen LogP contribution is 2.25. The molecule has 3 aromatic carbocycles. The van der Waals surface area contributed by atoms with Crippen LogP contribution >= 0.6 is 0 Å². The van der Waals surface area contributed by atoms with Gasteiger partial charge < -0.3 is 18.6 Å². The van der Waals surface area contributed by atoms with Crippen LogP contribution in [0.15, 0.2) is 82.2 Å². The van der Waals surface area contributed by atoms with Gasteiger partial charge in [0.15, 0.2) is 0 Å². The number of rotatable bonds is 5. The molecule has 0 aliphatic rings. The summed E-state index contributed by atoms with van der Waals surface area (Å²) < 4.78 is 21.2. The molecule has 4 aromatic rings. The summed E-state index contributed by atoms with van der Waals surface area (Å²) in [6.45, 7) is 1.88. The third-order valence-corrected chi connectivity index (χ3v) is 4.68. The fourth-order valence-electron chi connectivity index (χ4n) is 3.07. The van der Waals surface area contributed by atoms with E-state index in [0.717, 1.165) is 5.56 Å². The first-order valence-corrected chi connectivity index (χ1v) is 9.65. The number of hydrogen-bond donors (Lipinski definition) is 0. The van der Waals surface area contributed by atoms with E-state index in [1.807, 2.05) is 13.0 Å². The Morgan fingerprint density at radius 2 is 1.59 bits per heavy atom. The lowest BCUT2D eigenvalue weighted by Crippen LogP contribution is -2.09. The third-order valence-electron chi connectivity index (χ3n) is 4.68. The molecule has 0 spiro atoms. The average molecular weight is 430 g/mol. The van der Waals surface area contributed by atoms with Crippen molar-refractivity contribution in [3.63, 3.8) is 0 Å². The molecule has 7 heteroatoms. The largest absolute Gasteiger partial charge is 0.465 e. The highest BCUT2D eigenvalue weighted by Gasteiger charge is 2.13. The summed E-state index contributed by atoms with van der Waals surface area (Å²) in [7, 11) is 1.29. The van der Waals surface area contributed by atoms with Crippen LogP contribution in [-0.4, -0.2) is 19.0 Å². The number of hydrogen-bond acceptors (Lipinski definition) is 7. The molecule has 0 unspecified atom stereocenters. The summed E-state index contributed by atoms with van der Waals surface area (Å²) in [4.78, 5) is 36.6. The smallest absolute Gasteiger partial charge is 0.343 e. The lowest BCUT2D eigenvalue weighted by molar-refractivity contribution is 0.0600. The van der Waals surface area contributed by atoms with Crippen LogP contribution in [0.3, 0.4) is 0 Å². The molecule has 0 saturated heterocycles. The van der Waals surface area contributed by atoms with Gasteiger partial charge in [-0.1, -0.05) is 17.7 Å². The second kappa shape index (κ2) is 8.77. The zero-order chi connectivity index (χ0) is 22.7. The van der Waals surface area contributed by atoms with Crippen LogP contribution in [0.4, 0.5) is 0 Å². The molecule has 160 valence electrons. The number of carbonyl (C=O) groups excluding carboxylic acids is 2. The van der Waals surface area contributed by atoms with E-state index in [-0.39, 0.29) is 27.9 Å². The van der Waals surface area contributed by atoms with Gasteiger partial charge in [0.05, 0.1) is 23.6 Å². The topological polar surface area (TPSA) is 92.0 Å². The summed E-state index contributed by atoms with van der Waals surface area (Å²) in [5.74, 6) is -0.397. The van der Waals surface area contributed by atoms with Gasteiger partial charge in [-0.25, -0.2) is 9.59 Å². The normalized spacial score (nSPS) is 10.6. The Morgan fingerprint density at radius 3 is 2.31 bits per heavy atom. The minimum Gasteiger partial charge on any atom is -0.465 e. The maximum atomic E-state index is 12.8. The molecule has 0 aliphatic heterocycles. The molecule has 0 saturated carbocycles. The molecule has 1 heterocycles. The molecular formula is C25H18O7. The minimum atomic E-state index is -0.509. The molecule has 0 fully saturated rings. The Hall–Kier alpha value is -4.39. The minimum absolute atomic E-state index is 0.0205. The van der Waals surface area contributed by atoms with Crippen LogP contribution in [-0.2, 0) is 4.74 Å². The Balaban J connectivity index is 1.55. The summed E-state index contributed by atoms with van der Waals surface area (Å²) in [6.07, 6.45) is 1.19. The second-order valence-electron chi connectivity index (χ2n) is 6.96. The molecule has 0 radical (unpaired) electrons.